The third kappa shape index (κ3) is 4.46. The summed E-state index contributed by atoms with van der Waals surface area (Å²) in [6, 6.07) is 12.3. The Morgan fingerprint density at radius 3 is 2.50 bits per heavy atom. The Labute approximate surface area is 132 Å². The maximum Gasteiger partial charge on any atom is 0.221 e. The Morgan fingerprint density at radius 2 is 1.91 bits per heavy atom. The summed E-state index contributed by atoms with van der Waals surface area (Å²) in [7, 11) is 0. The number of furan rings is 1. The maximum absolute atomic E-state index is 11.3. The van der Waals surface area contributed by atoms with E-state index in [1.165, 1.54) is 6.92 Å². The number of amides is 1. The first-order chi connectivity index (χ1) is 10.5. The minimum Gasteiger partial charge on any atom is -0.465 e. The molecule has 0 fully saturated rings. The van der Waals surface area contributed by atoms with Gasteiger partial charge in [-0.15, -0.1) is 0 Å². The second-order valence-electron chi connectivity index (χ2n) is 5.85. The zero-order valence-corrected chi connectivity index (χ0v) is 13.7. The second kappa shape index (κ2) is 7.27. The summed E-state index contributed by atoms with van der Waals surface area (Å²) in [6.07, 6.45) is 0. The van der Waals surface area contributed by atoms with E-state index >= 15 is 0 Å². The fourth-order valence-electron chi connectivity index (χ4n) is 2.38. The van der Waals surface area contributed by atoms with Gasteiger partial charge >= 0.3 is 0 Å². The Kier molecular flexibility index (Phi) is 5.39. The van der Waals surface area contributed by atoms with Crippen LogP contribution < -0.4 is 5.32 Å². The van der Waals surface area contributed by atoms with Gasteiger partial charge in [-0.1, -0.05) is 18.2 Å². The van der Waals surface area contributed by atoms with Crippen molar-refractivity contribution in [2.75, 3.05) is 5.32 Å². The van der Waals surface area contributed by atoms with Gasteiger partial charge in [0.2, 0.25) is 5.91 Å². The van der Waals surface area contributed by atoms with Gasteiger partial charge in [-0.25, -0.2) is 0 Å². The third-order valence-corrected chi connectivity index (χ3v) is 3.59. The average molecular weight is 300 g/mol. The van der Waals surface area contributed by atoms with Crippen molar-refractivity contribution in [3.05, 3.63) is 53.5 Å². The van der Waals surface area contributed by atoms with E-state index in [0.717, 1.165) is 35.9 Å². The molecule has 4 heteroatoms. The molecule has 1 aromatic heterocycles. The van der Waals surface area contributed by atoms with Gasteiger partial charge < -0.3 is 9.73 Å². The lowest BCUT2D eigenvalue weighted by molar-refractivity contribution is -0.114. The summed E-state index contributed by atoms with van der Waals surface area (Å²) in [5.74, 6) is 1.84. The summed E-state index contributed by atoms with van der Waals surface area (Å²) in [4.78, 5) is 13.7. The molecule has 0 unspecified atom stereocenters. The Hall–Kier alpha value is -2.07. The first kappa shape index (κ1) is 16.3. The van der Waals surface area contributed by atoms with Crippen molar-refractivity contribution >= 4 is 11.6 Å². The monoisotopic (exact) mass is 300 g/mol. The zero-order chi connectivity index (χ0) is 16.1. The summed E-state index contributed by atoms with van der Waals surface area (Å²) in [5.41, 5.74) is 1.98. The Morgan fingerprint density at radius 1 is 1.18 bits per heavy atom. The molecule has 1 aromatic carbocycles. The normalized spacial score (nSPS) is 11.2. The number of para-hydroxylation sites is 1. The number of nitrogens with zero attached hydrogens (tertiary/aromatic N) is 1. The van der Waals surface area contributed by atoms with E-state index in [1.807, 2.05) is 43.3 Å². The molecule has 0 aliphatic carbocycles. The van der Waals surface area contributed by atoms with Crippen molar-refractivity contribution in [3.63, 3.8) is 0 Å². The molecule has 0 saturated heterocycles. The van der Waals surface area contributed by atoms with Gasteiger partial charge in [-0.05, 0) is 44.5 Å². The van der Waals surface area contributed by atoms with Gasteiger partial charge in [-0.2, -0.15) is 0 Å². The van der Waals surface area contributed by atoms with Crippen molar-refractivity contribution in [1.29, 1.82) is 0 Å². The molecular formula is C18H24N2O2. The summed E-state index contributed by atoms with van der Waals surface area (Å²) in [5, 5.41) is 2.90. The SMILES string of the molecule is CC(=O)Nc1ccccc1CN(Cc1ccc(C)o1)C(C)C. The minimum atomic E-state index is -0.0507. The molecule has 0 aliphatic rings. The van der Waals surface area contributed by atoms with Crippen LogP contribution >= 0.6 is 0 Å². The van der Waals surface area contributed by atoms with Gasteiger partial charge in [-0.3, -0.25) is 9.69 Å². The highest BCUT2D eigenvalue weighted by Crippen LogP contribution is 2.20. The summed E-state index contributed by atoms with van der Waals surface area (Å²) in [6.45, 7) is 9.32. The van der Waals surface area contributed by atoms with E-state index in [1.54, 1.807) is 0 Å². The number of carbonyl (C=O) groups excluding carboxylic acids is 1. The van der Waals surface area contributed by atoms with Crippen LogP contribution in [0.3, 0.4) is 0 Å². The molecule has 2 rings (SSSR count). The first-order valence-corrected chi connectivity index (χ1v) is 7.60. The van der Waals surface area contributed by atoms with E-state index in [4.69, 9.17) is 4.42 Å². The van der Waals surface area contributed by atoms with Crippen LogP contribution in [0.1, 0.15) is 37.9 Å². The number of benzene rings is 1. The lowest BCUT2D eigenvalue weighted by Gasteiger charge is -2.26. The first-order valence-electron chi connectivity index (χ1n) is 7.60. The average Bonchev–Trinajstić information content (AvgIpc) is 2.85. The molecule has 4 nitrogen and oxygen atoms in total. The van der Waals surface area contributed by atoms with Crippen LogP contribution in [-0.4, -0.2) is 16.8 Å². The molecule has 1 amide bonds. The molecule has 22 heavy (non-hydrogen) atoms. The minimum absolute atomic E-state index is 0.0507. The van der Waals surface area contributed by atoms with Gasteiger partial charge in [0.25, 0.3) is 0 Å². The highest BCUT2D eigenvalue weighted by molar-refractivity contribution is 5.89. The van der Waals surface area contributed by atoms with Gasteiger partial charge in [0.1, 0.15) is 11.5 Å². The van der Waals surface area contributed by atoms with Crippen LogP contribution in [0.5, 0.6) is 0 Å². The van der Waals surface area contributed by atoms with E-state index in [9.17, 15) is 4.79 Å². The molecule has 1 N–H and O–H groups in total. The Balaban J connectivity index is 2.16. The Bertz CT molecular complexity index is 632. The maximum atomic E-state index is 11.3. The van der Waals surface area contributed by atoms with Crippen molar-refractivity contribution < 1.29 is 9.21 Å². The molecule has 118 valence electrons. The quantitative estimate of drug-likeness (QED) is 0.878. The highest BCUT2D eigenvalue weighted by Gasteiger charge is 2.15. The molecule has 0 radical (unpaired) electrons. The molecule has 0 atom stereocenters. The fraction of sp³-hybridized carbons (Fsp3) is 0.389. The fourth-order valence-corrected chi connectivity index (χ4v) is 2.38. The molecule has 0 bridgehead atoms. The van der Waals surface area contributed by atoms with Crippen molar-refractivity contribution in [2.24, 2.45) is 0 Å². The van der Waals surface area contributed by atoms with Crippen LogP contribution in [0.2, 0.25) is 0 Å². The molecule has 0 saturated carbocycles. The second-order valence-corrected chi connectivity index (χ2v) is 5.85. The smallest absolute Gasteiger partial charge is 0.221 e. The lowest BCUT2D eigenvalue weighted by Crippen LogP contribution is -2.30. The van der Waals surface area contributed by atoms with Crippen LogP contribution in [0.4, 0.5) is 5.69 Å². The molecular weight excluding hydrogens is 276 g/mol. The molecule has 0 spiro atoms. The van der Waals surface area contributed by atoms with E-state index in [-0.39, 0.29) is 5.91 Å². The lowest BCUT2D eigenvalue weighted by atomic mass is 10.1. The standard InChI is InChI=1S/C18H24N2O2/c1-13(2)20(12-17-10-9-14(3)22-17)11-16-7-5-6-8-18(16)19-15(4)21/h5-10,13H,11-12H2,1-4H3,(H,19,21). The number of aryl methyl sites for hydroxylation is 1. The summed E-state index contributed by atoms with van der Waals surface area (Å²) < 4.78 is 5.69. The predicted molar refractivity (Wildman–Crippen MR) is 88.6 cm³/mol. The van der Waals surface area contributed by atoms with Crippen LogP contribution in [0, 0.1) is 6.92 Å². The topological polar surface area (TPSA) is 45.5 Å². The van der Waals surface area contributed by atoms with Gasteiger partial charge in [0.15, 0.2) is 0 Å². The zero-order valence-electron chi connectivity index (χ0n) is 13.7. The van der Waals surface area contributed by atoms with E-state index in [0.29, 0.717) is 6.04 Å². The van der Waals surface area contributed by atoms with E-state index < -0.39 is 0 Å². The number of nitrogens with one attached hydrogen (secondary N) is 1. The summed E-state index contributed by atoms with van der Waals surface area (Å²) >= 11 is 0. The number of hydrogen-bond donors (Lipinski definition) is 1. The molecule has 2 aromatic rings. The van der Waals surface area contributed by atoms with Crippen molar-refractivity contribution in [1.82, 2.24) is 4.90 Å². The number of anilines is 1. The van der Waals surface area contributed by atoms with Crippen molar-refractivity contribution in [2.45, 2.75) is 46.8 Å². The number of hydrogen-bond acceptors (Lipinski definition) is 3. The van der Waals surface area contributed by atoms with Crippen LogP contribution in [-0.2, 0) is 17.9 Å². The van der Waals surface area contributed by atoms with Crippen LogP contribution in [0.25, 0.3) is 0 Å². The van der Waals surface area contributed by atoms with Gasteiger partial charge in [0, 0.05) is 25.2 Å². The van der Waals surface area contributed by atoms with Crippen LogP contribution in [0.15, 0.2) is 40.8 Å². The predicted octanol–water partition coefficient (Wildman–Crippen LogP) is 3.96. The van der Waals surface area contributed by atoms with E-state index in [2.05, 4.69) is 24.1 Å². The largest absolute Gasteiger partial charge is 0.465 e. The molecule has 0 aliphatic heterocycles. The number of carbonyl (C=O) groups is 1. The number of rotatable bonds is 6. The van der Waals surface area contributed by atoms with Gasteiger partial charge in [0.05, 0.1) is 6.54 Å². The molecule has 1 heterocycles. The van der Waals surface area contributed by atoms with Crippen molar-refractivity contribution in [3.8, 4) is 0 Å². The third-order valence-electron chi connectivity index (χ3n) is 3.59. The highest BCUT2D eigenvalue weighted by atomic mass is 16.3.